The average molecular weight is 342 g/mol. The van der Waals surface area contributed by atoms with E-state index >= 15 is 0 Å². The Hall–Kier alpha value is -1.62. The highest BCUT2D eigenvalue weighted by Gasteiger charge is 2.16. The van der Waals surface area contributed by atoms with E-state index < -0.39 is 17.8 Å². The van der Waals surface area contributed by atoms with E-state index in [-0.39, 0.29) is 22.2 Å². The number of hydrogen-bond acceptors (Lipinski definition) is 2. The molecule has 1 amide bonds. The molecule has 0 aliphatic carbocycles. The molecule has 3 nitrogen and oxygen atoms in total. The minimum absolute atomic E-state index is 0.00966. The average Bonchev–Trinajstić information content (AvgIpc) is 2.48. The number of benzene rings is 2. The van der Waals surface area contributed by atoms with Crippen molar-refractivity contribution in [2.45, 2.75) is 13.0 Å². The Balaban J connectivity index is 2.07. The van der Waals surface area contributed by atoms with E-state index in [1.54, 1.807) is 12.1 Å². The van der Waals surface area contributed by atoms with Crippen LogP contribution in [-0.2, 0) is 0 Å². The Labute approximate surface area is 137 Å². The van der Waals surface area contributed by atoms with Crippen molar-refractivity contribution in [2.75, 3.05) is 6.54 Å². The molecule has 2 aromatic carbocycles. The van der Waals surface area contributed by atoms with Gasteiger partial charge in [0.2, 0.25) is 0 Å². The van der Waals surface area contributed by atoms with Crippen LogP contribution >= 0.6 is 23.2 Å². The molecule has 0 saturated carbocycles. The summed E-state index contributed by atoms with van der Waals surface area (Å²) in [5.74, 6) is -1.30. The molecule has 0 aliphatic heterocycles. The lowest BCUT2D eigenvalue weighted by atomic mass is 10.0. The van der Waals surface area contributed by atoms with Crippen LogP contribution in [0.3, 0.4) is 0 Å². The van der Waals surface area contributed by atoms with Crippen LogP contribution in [0.2, 0.25) is 10.0 Å². The van der Waals surface area contributed by atoms with Gasteiger partial charge in [-0.3, -0.25) is 4.79 Å². The van der Waals surface area contributed by atoms with Crippen LogP contribution in [0.1, 0.15) is 27.6 Å². The molecule has 0 fully saturated rings. The van der Waals surface area contributed by atoms with Crippen LogP contribution in [-0.4, -0.2) is 17.6 Å². The predicted octanol–water partition coefficient (Wildman–Crippen LogP) is 3.90. The summed E-state index contributed by atoms with van der Waals surface area (Å²) in [5, 5.41) is 12.5. The third-order valence-corrected chi connectivity index (χ3v) is 3.86. The van der Waals surface area contributed by atoms with Gasteiger partial charge >= 0.3 is 0 Å². The summed E-state index contributed by atoms with van der Waals surface area (Å²) in [6, 6.07) is 9.46. The normalized spacial score (nSPS) is 12.0. The van der Waals surface area contributed by atoms with Crippen molar-refractivity contribution in [3.8, 4) is 0 Å². The van der Waals surface area contributed by atoms with Crippen molar-refractivity contribution in [3.63, 3.8) is 0 Å². The molecule has 1 atom stereocenters. The van der Waals surface area contributed by atoms with Crippen LogP contribution in [0.5, 0.6) is 0 Å². The lowest BCUT2D eigenvalue weighted by Gasteiger charge is -2.15. The Morgan fingerprint density at radius 1 is 1.27 bits per heavy atom. The maximum atomic E-state index is 13.4. The topological polar surface area (TPSA) is 49.3 Å². The van der Waals surface area contributed by atoms with Crippen molar-refractivity contribution in [1.29, 1.82) is 0 Å². The third kappa shape index (κ3) is 3.77. The number of carbonyl (C=O) groups is 1. The lowest BCUT2D eigenvalue weighted by molar-refractivity contribution is 0.0915. The van der Waals surface area contributed by atoms with Gasteiger partial charge in [0.05, 0.1) is 21.7 Å². The Morgan fingerprint density at radius 2 is 1.95 bits per heavy atom. The number of amides is 1. The van der Waals surface area contributed by atoms with Crippen molar-refractivity contribution >= 4 is 29.1 Å². The number of carbonyl (C=O) groups excluding carboxylic acids is 1. The van der Waals surface area contributed by atoms with Gasteiger partial charge in [-0.05, 0) is 30.2 Å². The second kappa shape index (κ2) is 7.09. The maximum absolute atomic E-state index is 13.4. The van der Waals surface area contributed by atoms with Crippen LogP contribution in [0.25, 0.3) is 0 Å². The van der Waals surface area contributed by atoms with E-state index in [0.29, 0.717) is 0 Å². The summed E-state index contributed by atoms with van der Waals surface area (Å²) in [6.45, 7) is 1.86. The number of hydrogen-bond donors (Lipinski definition) is 2. The molecule has 0 spiro atoms. The molecule has 6 heteroatoms. The molecular formula is C16H14Cl2FNO2. The molecule has 2 rings (SSSR count). The van der Waals surface area contributed by atoms with E-state index in [1.165, 1.54) is 6.07 Å². The van der Waals surface area contributed by atoms with Gasteiger partial charge in [-0.2, -0.15) is 0 Å². The first-order valence-corrected chi connectivity index (χ1v) is 7.32. The monoisotopic (exact) mass is 341 g/mol. The minimum atomic E-state index is -0.860. The van der Waals surface area contributed by atoms with Crippen LogP contribution in [0, 0.1) is 12.7 Å². The molecule has 22 heavy (non-hydrogen) atoms. The number of aliphatic hydroxyl groups excluding tert-OH is 1. The SMILES string of the molecule is Cc1ccccc1C(O)CNC(=O)c1cc(F)c(Cl)cc1Cl. The number of halogens is 3. The van der Waals surface area contributed by atoms with Gasteiger partial charge in [0.25, 0.3) is 5.91 Å². The number of aliphatic hydroxyl groups is 1. The zero-order chi connectivity index (χ0) is 16.3. The third-order valence-electron chi connectivity index (χ3n) is 3.26. The summed E-state index contributed by atoms with van der Waals surface area (Å²) in [4.78, 5) is 12.0. The number of nitrogens with one attached hydrogen (secondary N) is 1. The predicted molar refractivity (Wildman–Crippen MR) is 84.9 cm³/mol. The highest BCUT2D eigenvalue weighted by Crippen LogP contribution is 2.24. The van der Waals surface area contributed by atoms with Gasteiger partial charge in [0.1, 0.15) is 5.82 Å². The van der Waals surface area contributed by atoms with E-state index in [4.69, 9.17) is 23.2 Å². The van der Waals surface area contributed by atoms with Crippen molar-refractivity contribution in [2.24, 2.45) is 0 Å². The standard InChI is InChI=1S/C16H14Cl2FNO2/c1-9-4-2-3-5-10(9)15(21)8-20-16(22)11-6-14(19)13(18)7-12(11)17/h2-7,15,21H,8H2,1H3,(H,20,22). The van der Waals surface area contributed by atoms with Gasteiger partial charge in [0.15, 0.2) is 0 Å². The molecule has 0 bridgehead atoms. The van der Waals surface area contributed by atoms with Crippen molar-refractivity contribution in [1.82, 2.24) is 5.32 Å². The molecule has 2 N–H and O–H groups in total. The number of rotatable bonds is 4. The summed E-state index contributed by atoms with van der Waals surface area (Å²) in [7, 11) is 0. The van der Waals surface area contributed by atoms with E-state index in [0.717, 1.165) is 17.2 Å². The lowest BCUT2D eigenvalue weighted by Crippen LogP contribution is -2.29. The van der Waals surface area contributed by atoms with Gasteiger partial charge in [0, 0.05) is 6.54 Å². The summed E-state index contributed by atoms with van der Waals surface area (Å²) in [5.41, 5.74) is 1.61. The molecule has 0 aliphatic rings. The van der Waals surface area contributed by atoms with E-state index in [9.17, 15) is 14.3 Å². The summed E-state index contributed by atoms with van der Waals surface area (Å²) >= 11 is 11.5. The molecular weight excluding hydrogens is 328 g/mol. The van der Waals surface area contributed by atoms with Gasteiger partial charge < -0.3 is 10.4 Å². The Kier molecular flexibility index (Phi) is 5.40. The first kappa shape index (κ1) is 16.7. The molecule has 1 unspecified atom stereocenters. The fraction of sp³-hybridized carbons (Fsp3) is 0.188. The zero-order valence-electron chi connectivity index (χ0n) is 11.7. The first-order chi connectivity index (χ1) is 10.4. The van der Waals surface area contributed by atoms with Crippen LogP contribution in [0.4, 0.5) is 4.39 Å². The smallest absolute Gasteiger partial charge is 0.253 e. The van der Waals surface area contributed by atoms with Gasteiger partial charge in [-0.25, -0.2) is 4.39 Å². The molecule has 0 radical (unpaired) electrons. The highest BCUT2D eigenvalue weighted by molar-refractivity contribution is 6.36. The molecule has 0 aromatic heterocycles. The van der Waals surface area contributed by atoms with Gasteiger partial charge in [-0.1, -0.05) is 47.5 Å². The quantitative estimate of drug-likeness (QED) is 0.828. The van der Waals surface area contributed by atoms with Gasteiger partial charge in [-0.15, -0.1) is 0 Å². The van der Waals surface area contributed by atoms with Crippen molar-refractivity contribution < 1.29 is 14.3 Å². The van der Waals surface area contributed by atoms with Crippen molar-refractivity contribution in [3.05, 3.63) is 69.0 Å². The Bertz CT molecular complexity index is 707. The van der Waals surface area contributed by atoms with E-state index in [2.05, 4.69) is 5.32 Å². The first-order valence-electron chi connectivity index (χ1n) is 6.56. The fourth-order valence-corrected chi connectivity index (χ4v) is 2.52. The zero-order valence-corrected chi connectivity index (χ0v) is 13.2. The highest BCUT2D eigenvalue weighted by atomic mass is 35.5. The second-order valence-electron chi connectivity index (χ2n) is 4.83. The molecule has 0 heterocycles. The Morgan fingerprint density at radius 3 is 2.64 bits per heavy atom. The van der Waals surface area contributed by atoms with Crippen LogP contribution in [0.15, 0.2) is 36.4 Å². The number of aryl methyl sites for hydroxylation is 1. The molecule has 2 aromatic rings. The van der Waals surface area contributed by atoms with E-state index in [1.807, 2.05) is 19.1 Å². The fourth-order valence-electron chi connectivity index (χ4n) is 2.05. The second-order valence-corrected chi connectivity index (χ2v) is 5.64. The summed E-state index contributed by atoms with van der Waals surface area (Å²) in [6.07, 6.45) is -0.860. The van der Waals surface area contributed by atoms with Crippen LogP contribution < -0.4 is 5.32 Å². The minimum Gasteiger partial charge on any atom is -0.387 e. The maximum Gasteiger partial charge on any atom is 0.253 e. The largest absolute Gasteiger partial charge is 0.387 e. The molecule has 116 valence electrons. The summed E-state index contributed by atoms with van der Waals surface area (Å²) < 4.78 is 13.4. The molecule has 0 saturated heterocycles.